The van der Waals surface area contributed by atoms with Gasteiger partial charge in [-0.15, -0.1) is 0 Å². The third-order valence-corrected chi connectivity index (χ3v) is 3.78. The van der Waals surface area contributed by atoms with Gasteiger partial charge in [-0.3, -0.25) is 0 Å². The summed E-state index contributed by atoms with van der Waals surface area (Å²) in [6, 6.07) is 0. The van der Waals surface area contributed by atoms with E-state index in [1.54, 1.807) is 0 Å². The molecule has 1 aliphatic rings. The molecule has 1 unspecified atom stereocenters. The summed E-state index contributed by atoms with van der Waals surface area (Å²) in [4.78, 5) is 0. The van der Waals surface area contributed by atoms with E-state index in [0.717, 1.165) is 19.4 Å². The minimum absolute atomic E-state index is 0.0671. The zero-order chi connectivity index (χ0) is 11.3. The third kappa shape index (κ3) is 4.46. The van der Waals surface area contributed by atoms with E-state index in [1.165, 1.54) is 10.6 Å². The van der Waals surface area contributed by atoms with Crippen molar-refractivity contribution in [2.75, 3.05) is 32.5 Å². The van der Waals surface area contributed by atoms with Gasteiger partial charge < -0.3 is 10.5 Å². The highest BCUT2D eigenvalue weighted by Gasteiger charge is 2.23. The summed E-state index contributed by atoms with van der Waals surface area (Å²) in [5.74, 6) is 0. The van der Waals surface area contributed by atoms with Gasteiger partial charge in [-0.05, 0) is 25.8 Å². The highest BCUT2D eigenvalue weighted by atomic mass is 32.2. The lowest BCUT2D eigenvalue weighted by atomic mass is 10.2. The average molecular weight is 236 g/mol. The summed E-state index contributed by atoms with van der Waals surface area (Å²) in [5.41, 5.74) is 5.38. The molecule has 0 aromatic heterocycles. The Bertz CT molecular complexity index is 273. The summed E-state index contributed by atoms with van der Waals surface area (Å²) >= 11 is 0. The first kappa shape index (κ1) is 12.9. The van der Waals surface area contributed by atoms with Gasteiger partial charge in [0, 0.05) is 19.7 Å². The van der Waals surface area contributed by atoms with Crippen LogP contribution in [0.25, 0.3) is 0 Å². The van der Waals surface area contributed by atoms with Crippen molar-refractivity contribution in [2.24, 2.45) is 5.73 Å². The molecule has 0 aliphatic carbocycles. The van der Waals surface area contributed by atoms with Crippen LogP contribution < -0.4 is 5.73 Å². The fourth-order valence-corrected chi connectivity index (χ4v) is 2.57. The van der Waals surface area contributed by atoms with Gasteiger partial charge >= 0.3 is 0 Å². The van der Waals surface area contributed by atoms with Gasteiger partial charge in [0.25, 0.3) is 0 Å². The highest BCUT2D eigenvalue weighted by molar-refractivity contribution is 7.88. The van der Waals surface area contributed by atoms with Gasteiger partial charge in [0.2, 0.25) is 10.0 Å². The van der Waals surface area contributed by atoms with Gasteiger partial charge in [0.1, 0.15) is 0 Å². The molecule has 90 valence electrons. The first-order valence-corrected chi connectivity index (χ1v) is 7.15. The Labute approximate surface area is 91.6 Å². The van der Waals surface area contributed by atoms with Crippen molar-refractivity contribution in [3.05, 3.63) is 0 Å². The number of nitrogens with two attached hydrogens (primary N) is 1. The van der Waals surface area contributed by atoms with Crippen LogP contribution in [0.4, 0.5) is 0 Å². The first-order valence-electron chi connectivity index (χ1n) is 5.31. The molecule has 6 heteroatoms. The van der Waals surface area contributed by atoms with Gasteiger partial charge in [-0.1, -0.05) is 0 Å². The number of rotatable bonds is 6. The largest absolute Gasteiger partial charge is 0.377 e. The van der Waals surface area contributed by atoms with Crippen molar-refractivity contribution in [1.29, 1.82) is 0 Å². The molecule has 1 atom stereocenters. The minimum atomic E-state index is -3.13. The maximum atomic E-state index is 11.5. The molecule has 0 radical (unpaired) electrons. The Balaban J connectivity index is 2.48. The van der Waals surface area contributed by atoms with E-state index in [9.17, 15) is 8.42 Å². The van der Waals surface area contributed by atoms with Crippen LogP contribution in [0.15, 0.2) is 0 Å². The molecule has 0 spiro atoms. The Morgan fingerprint density at radius 1 is 1.53 bits per heavy atom. The predicted molar refractivity (Wildman–Crippen MR) is 59.1 cm³/mol. The van der Waals surface area contributed by atoms with E-state index in [2.05, 4.69) is 0 Å². The Morgan fingerprint density at radius 3 is 2.73 bits per heavy atom. The second-order valence-corrected chi connectivity index (χ2v) is 5.88. The molecule has 15 heavy (non-hydrogen) atoms. The van der Waals surface area contributed by atoms with Crippen molar-refractivity contribution < 1.29 is 13.2 Å². The third-order valence-electron chi connectivity index (χ3n) is 2.51. The van der Waals surface area contributed by atoms with Crippen LogP contribution in [0.5, 0.6) is 0 Å². The maximum absolute atomic E-state index is 11.5. The molecule has 0 bridgehead atoms. The smallest absolute Gasteiger partial charge is 0.211 e. The summed E-state index contributed by atoms with van der Waals surface area (Å²) in [5, 5.41) is 0. The zero-order valence-electron chi connectivity index (χ0n) is 9.18. The molecule has 1 rings (SSSR count). The van der Waals surface area contributed by atoms with Gasteiger partial charge in [0.15, 0.2) is 0 Å². The summed E-state index contributed by atoms with van der Waals surface area (Å²) in [6.07, 6.45) is 3.98. The van der Waals surface area contributed by atoms with Crippen LogP contribution in [0.1, 0.15) is 19.3 Å². The van der Waals surface area contributed by atoms with Crippen molar-refractivity contribution in [3.8, 4) is 0 Å². The quantitative estimate of drug-likeness (QED) is 0.692. The zero-order valence-corrected chi connectivity index (χ0v) is 10.0. The minimum Gasteiger partial charge on any atom is -0.377 e. The lowest BCUT2D eigenvalue weighted by Crippen LogP contribution is -2.37. The second-order valence-electron chi connectivity index (χ2n) is 3.90. The fraction of sp³-hybridized carbons (Fsp3) is 1.00. The van der Waals surface area contributed by atoms with Crippen molar-refractivity contribution in [3.63, 3.8) is 0 Å². The van der Waals surface area contributed by atoms with Gasteiger partial charge in [-0.2, -0.15) is 4.31 Å². The summed E-state index contributed by atoms with van der Waals surface area (Å²) in [6.45, 7) is 2.23. The molecule has 1 aliphatic heterocycles. The molecule has 1 saturated heterocycles. The molecular weight excluding hydrogens is 216 g/mol. The average Bonchev–Trinajstić information content (AvgIpc) is 2.62. The van der Waals surface area contributed by atoms with Crippen LogP contribution >= 0.6 is 0 Å². The number of nitrogens with zero attached hydrogens (tertiary/aromatic N) is 1. The lowest BCUT2D eigenvalue weighted by Gasteiger charge is -2.22. The molecule has 0 saturated carbocycles. The van der Waals surface area contributed by atoms with Crippen molar-refractivity contribution >= 4 is 10.0 Å². The van der Waals surface area contributed by atoms with E-state index >= 15 is 0 Å². The SMILES string of the molecule is CS(=O)(=O)N(CCCN)CC1CCCO1. The number of ether oxygens (including phenoxy) is 1. The Kier molecular flexibility index (Phi) is 4.98. The molecular formula is C9H20N2O3S. The molecule has 2 N–H and O–H groups in total. The lowest BCUT2D eigenvalue weighted by molar-refractivity contribution is 0.0938. The summed E-state index contributed by atoms with van der Waals surface area (Å²) < 4.78 is 29.8. The van der Waals surface area contributed by atoms with E-state index in [-0.39, 0.29) is 6.10 Å². The van der Waals surface area contributed by atoms with E-state index in [0.29, 0.717) is 26.1 Å². The molecule has 1 heterocycles. The first-order chi connectivity index (χ1) is 7.04. The van der Waals surface area contributed by atoms with Crippen molar-refractivity contribution in [1.82, 2.24) is 4.31 Å². The van der Waals surface area contributed by atoms with E-state index in [1.807, 2.05) is 0 Å². The van der Waals surface area contributed by atoms with Crippen LogP contribution in [-0.4, -0.2) is 51.3 Å². The standard InChI is InChI=1S/C9H20N2O3S/c1-15(12,13)11(6-3-5-10)8-9-4-2-7-14-9/h9H,2-8,10H2,1H3. The fourth-order valence-electron chi connectivity index (χ4n) is 1.68. The van der Waals surface area contributed by atoms with Gasteiger partial charge in [0.05, 0.1) is 12.4 Å². The summed E-state index contributed by atoms with van der Waals surface area (Å²) in [7, 11) is -3.13. The second kappa shape index (κ2) is 5.79. The maximum Gasteiger partial charge on any atom is 0.211 e. The Hall–Kier alpha value is -0.170. The number of sulfonamides is 1. The number of hydrogen-bond acceptors (Lipinski definition) is 4. The normalized spacial score (nSPS) is 22.5. The molecule has 5 nitrogen and oxygen atoms in total. The van der Waals surface area contributed by atoms with Gasteiger partial charge in [-0.25, -0.2) is 8.42 Å². The van der Waals surface area contributed by atoms with Crippen LogP contribution in [-0.2, 0) is 14.8 Å². The van der Waals surface area contributed by atoms with Crippen molar-refractivity contribution in [2.45, 2.75) is 25.4 Å². The topological polar surface area (TPSA) is 72.6 Å². The Morgan fingerprint density at radius 2 is 2.27 bits per heavy atom. The van der Waals surface area contributed by atoms with E-state index < -0.39 is 10.0 Å². The molecule has 0 amide bonds. The van der Waals surface area contributed by atoms with Crippen LogP contribution in [0.2, 0.25) is 0 Å². The van der Waals surface area contributed by atoms with Crippen LogP contribution in [0.3, 0.4) is 0 Å². The predicted octanol–water partition coefficient (Wildman–Crippen LogP) is -0.224. The molecule has 0 aromatic carbocycles. The monoisotopic (exact) mass is 236 g/mol. The highest BCUT2D eigenvalue weighted by Crippen LogP contribution is 2.14. The number of hydrogen-bond donors (Lipinski definition) is 1. The van der Waals surface area contributed by atoms with E-state index in [4.69, 9.17) is 10.5 Å². The molecule has 1 fully saturated rings. The van der Waals surface area contributed by atoms with Crippen LogP contribution in [0, 0.1) is 0 Å². The molecule has 0 aromatic rings.